The zero-order valence-electron chi connectivity index (χ0n) is 71.7. The minimum atomic E-state index is 1.11. The van der Waals surface area contributed by atoms with E-state index in [1.165, 1.54) is 111 Å². The summed E-state index contributed by atoms with van der Waals surface area (Å²) in [7, 11) is 0. The second kappa shape index (κ2) is 41.5. The first kappa shape index (κ1) is 82.9. The summed E-state index contributed by atoms with van der Waals surface area (Å²) < 4.78 is 0. The molecular formula is C126H95N3. The molecule has 20 aromatic rings. The molecule has 0 fully saturated rings. The lowest BCUT2D eigenvalue weighted by Gasteiger charge is -2.26. The molecule has 0 atom stereocenters. The van der Waals surface area contributed by atoms with Crippen molar-refractivity contribution in [3.8, 4) is 89.0 Å². The molecule has 3 nitrogen and oxygen atoms in total. The summed E-state index contributed by atoms with van der Waals surface area (Å²) in [4.78, 5) is 6.97. The van der Waals surface area contributed by atoms with Crippen molar-refractivity contribution in [1.82, 2.24) is 0 Å². The number of anilines is 9. The average molecular weight is 1650 g/mol. The van der Waals surface area contributed by atoms with Crippen LogP contribution in [0, 0.1) is 0 Å². The molecule has 0 aliphatic rings. The third-order valence-electron chi connectivity index (χ3n) is 23.1. The van der Waals surface area contributed by atoms with Crippen molar-refractivity contribution >= 4 is 87.6 Å². The Morgan fingerprint density at radius 3 is 0.419 bits per heavy atom. The normalized spacial score (nSPS) is 11.0. The molecule has 614 valence electrons. The minimum absolute atomic E-state index is 1.11. The van der Waals surface area contributed by atoms with Crippen molar-refractivity contribution in [3.05, 3.63) is 573 Å². The van der Waals surface area contributed by atoms with Crippen molar-refractivity contribution < 1.29 is 0 Å². The Morgan fingerprint density at radius 2 is 0.225 bits per heavy atom. The maximum Gasteiger partial charge on any atom is 0.0467 e. The monoisotopic (exact) mass is 1650 g/mol. The Balaban J connectivity index is 0.000000131. The molecule has 20 rings (SSSR count). The van der Waals surface area contributed by atoms with E-state index in [2.05, 4.69) is 573 Å². The Morgan fingerprint density at radius 1 is 0.0930 bits per heavy atom. The van der Waals surface area contributed by atoms with Gasteiger partial charge in [0.15, 0.2) is 0 Å². The summed E-state index contributed by atoms with van der Waals surface area (Å²) >= 11 is 0. The fourth-order valence-corrected chi connectivity index (χ4v) is 16.1. The lowest BCUT2D eigenvalue weighted by Crippen LogP contribution is -2.10. The number of rotatable bonds is 23. The summed E-state index contributed by atoms with van der Waals surface area (Å²) in [5, 5.41) is 0. The van der Waals surface area contributed by atoms with E-state index < -0.39 is 0 Å². The van der Waals surface area contributed by atoms with Gasteiger partial charge >= 0.3 is 0 Å². The molecule has 0 radical (unpaired) electrons. The van der Waals surface area contributed by atoms with E-state index >= 15 is 0 Å². The zero-order valence-corrected chi connectivity index (χ0v) is 71.7. The molecule has 0 aliphatic carbocycles. The third-order valence-corrected chi connectivity index (χ3v) is 23.1. The molecule has 0 heterocycles. The molecule has 0 unspecified atom stereocenters. The van der Waals surface area contributed by atoms with Gasteiger partial charge in [-0.15, -0.1) is 0 Å². The Kier molecular flexibility index (Phi) is 26.7. The predicted molar refractivity (Wildman–Crippen MR) is 553 cm³/mol. The van der Waals surface area contributed by atoms with Crippen LogP contribution in [0.1, 0.15) is 33.4 Å². The predicted octanol–water partition coefficient (Wildman–Crippen LogP) is 35.3. The highest BCUT2D eigenvalue weighted by molar-refractivity contribution is 5.87. The van der Waals surface area contributed by atoms with E-state index in [0.29, 0.717) is 0 Å². The fourth-order valence-electron chi connectivity index (χ4n) is 16.1. The summed E-state index contributed by atoms with van der Waals surface area (Å²) in [6.07, 6.45) is 12.9. The van der Waals surface area contributed by atoms with Gasteiger partial charge in [-0.05, 0) is 232 Å². The molecule has 0 spiro atoms. The lowest BCUT2D eigenvalue weighted by atomic mass is 10.00. The van der Waals surface area contributed by atoms with E-state index in [1.807, 2.05) is 18.2 Å². The number of hydrogen-bond acceptors (Lipinski definition) is 3. The van der Waals surface area contributed by atoms with Crippen LogP contribution < -0.4 is 14.7 Å². The van der Waals surface area contributed by atoms with Crippen molar-refractivity contribution in [2.75, 3.05) is 14.7 Å². The summed E-state index contributed by atoms with van der Waals surface area (Å²) in [6.45, 7) is 0. The quantitative estimate of drug-likeness (QED) is 0.0591. The molecule has 0 N–H and O–H groups in total. The van der Waals surface area contributed by atoms with Crippen LogP contribution >= 0.6 is 0 Å². The van der Waals surface area contributed by atoms with E-state index in [0.717, 1.165) is 62.3 Å². The average Bonchev–Trinajstić information content (AvgIpc) is 0.798. The van der Waals surface area contributed by atoms with Crippen molar-refractivity contribution in [3.63, 3.8) is 0 Å². The van der Waals surface area contributed by atoms with E-state index in [-0.39, 0.29) is 0 Å². The van der Waals surface area contributed by atoms with Gasteiger partial charge in [-0.25, -0.2) is 0 Å². The van der Waals surface area contributed by atoms with Gasteiger partial charge in [0.1, 0.15) is 0 Å². The standard InChI is InChI=1S/2C44H33N.C38H29N/c1-4-11-34(12-5-1)19-20-35-21-29-42(30-22-35)45(44-18-10-17-41(33-44)37-15-8-3-9-16-37)43-31-27-40(28-32-43)39-25-23-38(24-26-39)36-13-6-2-7-14-36;1-4-10-34(11-5-1)16-17-35-18-28-42(29-19-35)45(43-30-24-40(25-31-43)37-14-8-3-9-15-37)44-32-26-41(27-33-44)39-22-20-38(21-23-39)36-12-6-2-7-13-36;1-4-10-30(11-5-1)16-17-31-18-24-36(25-19-31)39(37-26-20-34(21-27-37)32-12-6-2-7-13-32)38-28-22-35(23-29-38)33-14-8-3-9-15-33/h2*1-33H;1-29H/b20-19+;2*17-16+. The second-order valence-corrected chi connectivity index (χ2v) is 31.6. The van der Waals surface area contributed by atoms with Crippen LogP contribution in [0.15, 0.2) is 540 Å². The topological polar surface area (TPSA) is 9.72 Å². The highest BCUT2D eigenvalue weighted by atomic mass is 15.2. The molecule has 0 amide bonds. The molecule has 0 bridgehead atoms. The van der Waals surface area contributed by atoms with Crippen molar-refractivity contribution in [1.29, 1.82) is 0 Å². The fraction of sp³-hybridized carbons (Fsp3) is 0. The summed E-state index contributed by atoms with van der Waals surface area (Å²) in [5.74, 6) is 0. The highest BCUT2D eigenvalue weighted by Gasteiger charge is 2.19. The number of hydrogen-bond donors (Lipinski definition) is 0. The highest BCUT2D eigenvalue weighted by Crippen LogP contribution is 2.43. The van der Waals surface area contributed by atoms with Crippen LogP contribution in [-0.2, 0) is 0 Å². The molecule has 3 heteroatoms. The molecule has 0 aromatic heterocycles. The van der Waals surface area contributed by atoms with Crippen LogP contribution in [0.4, 0.5) is 51.2 Å². The Bertz CT molecular complexity index is 6880. The molecular weight excluding hydrogens is 1560 g/mol. The Hall–Kier alpha value is -17.0. The third kappa shape index (κ3) is 21.5. The van der Waals surface area contributed by atoms with Gasteiger partial charge in [0.25, 0.3) is 0 Å². The second-order valence-electron chi connectivity index (χ2n) is 31.6. The summed E-state index contributed by atoms with van der Waals surface area (Å²) in [6, 6.07) is 191. The molecule has 0 saturated heterocycles. The van der Waals surface area contributed by atoms with E-state index in [4.69, 9.17) is 0 Å². The lowest BCUT2D eigenvalue weighted by molar-refractivity contribution is 1.28. The largest absolute Gasteiger partial charge is 0.311 e. The Labute approximate surface area is 759 Å². The van der Waals surface area contributed by atoms with E-state index in [1.54, 1.807) is 0 Å². The molecule has 0 aliphatic heterocycles. The summed E-state index contributed by atoms with van der Waals surface area (Å²) in [5.41, 5.74) is 36.5. The van der Waals surface area contributed by atoms with Gasteiger partial charge in [-0.3, -0.25) is 0 Å². The van der Waals surface area contributed by atoms with Crippen molar-refractivity contribution in [2.45, 2.75) is 0 Å². The van der Waals surface area contributed by atoms with Crippen LogP contribution in [0.25, 0.3) is 125 Å². The van der Waals surface area contributed by atoms with Crippen molar-refractivity contribution in [2.24, 2.45) is 0 Å². The maximum absolute atomic E-state index is 2.33. The van der Waals surface area contributed by atoms with Gasteiger partial charge < -0.3 is 14.7 Å². The first-order valence-corrected chi connectivity index (χ1v) is 44.0. The van der Waals surface area contributed by atoms with Gasteiger partial charge in [0, 0.05) is 51.2 Å². The van der Waals surface area contributed by atoms with Gasteiger partial charge in [0.05, 0.1) is 0 Å². The first-order valence-electron chi connectivity index (χ1n) is 44.0. The smallest absolute Gasteiger partial charge is 0.0467 e. The van der Waals surface area contributed by atoms with Crippen LogP contribution in [0.2, 0.25) is 0 Å². The molecule has 129 heavy (non-hydrogen) atoms. The number of benzene rings is 20. The number of nitrogens with zero attached hydrogens (tertiary/aromatic N) is 3. The first-order chi connectivity index (χ1) is 63.9. The van der Waals surface area contributed by atoms with Gasteiger partial charge in [0.2, 0.25) is 0 Å². The molecule has 20 aromatic carbocycles. The SMILES string of the molecule is C(=C\c1ccc(N(c2ccc(-c3ccc(-c4ccccc4)cc3)cc2)c2cccc(-c3ccccc3)c2)cc1)/c1ccccc1.C(=C\c1ccc(N(c2ccc(-c3ccccc3)cc2)c2ccc(-c3ccc(-c4ccccc4)cc3)cc2)cc1)/c1ccccc1.C(=C\c1ccc(N(c2ccc(-c3ccccc3)cc2)c2ccc(-c3ccccc3)cc2)cc1)/c1ccccc1. The van der Waals surface area contributed by atoms with Gasteiger partial charge in [-0.2, -0.15) is 0 Å². The van der Waals surface area contributed by atoms with Crippen LogP contribution in [0.5, 0.6) is 0 Å². The minimum Gasteiger partial charge on any atom is -0.311 e. The maximum atomic E-state index is 2.33. The van der Waals surface area contributed by atoms with E-state index in [9.17, 15) is 0 Å². The molecule has 0 saturated carbocycles. The van der Waals surface area contributed by atoms with Crippen LogP contribution in [0.3, 0.4) is 0 Å². The van der Waals surface area contributed by atoms with Gasteiger partial charge in [-0.1, -0.05) is 467 Å². The van der Waals surface area contributed by atoms with Crippen LogP contribution in [-0.4, -0.2) is 0 Å². The zero-order chi connectivity index (χ0) is 86.8.